The van der Waals surface area contributed by atoms with E-state index >= 15 is 0 Å². The highest BCUT2D eigenvalue weighted by molar-refractivity contribution is 7.98. The Kier molecular flexibility index (Phi) is 5.27. The molecule has 1 aromatic heterocycles. The molecular weight excluding hydrogens is 296 g/mol. The average molecular weight is 314 g/mol. The predicted molar refractivity (Wildman–Crippen MR) is 92.1 cm³/mol. The van der Waals surface area contributed by atoms with Crippen LogP contribution in [0.2, 0.25) is 0 Å². The number of hydrogen-bond donors (Lipinski definition) is 0. The highest BCUT2D eigenvalue weighted by atomic mass is 32.2. The lowest BCUT2D eigenvalue weighted by Gasteiger charge is -2.18. The highest BCUT2D eigenvalue weighted by Gasteiger charge is 2.20. The highest BCUT2D eigenvalue weighted by Crippen LogP contribution is 2.29. The molecule has 0 unspecified atom stereocenters. The molecule has 2 rings (SSSR count). The van der Waals surface area contributed by atoms with E-state index in [0.717, 1.165) is 5.56 Å². The van der Waals surface area contributed by atoms with Gasteiger partial charge in [0.2, 0.25) is 0 Å². The van der Waals surface area contributed by atoms with Crippen LogP contribution < -0.4 is 4.90 Å². The lowest BCUT2D eigenvalue weighted by molar-refractivity contribution is 0.101. The number of aliphatic imine (C=N–C) groups is 1. The molecule has 22 heavy (non-hydrogen) atoms. The summed E-state index contributed by atoms with van der Waals surface area (Å²) in [6, 6.07) is 9.72. The molecular formula is C16H18N4OS. The topological polar surface area (TPSA) is 58.5 Å². The molecule has 0 atom stereocenters. The van der Waals surface area contributed by atoms with Gasteiger partial charge in [0.1, 0.15) is 10.8 Å². The second-order valence-corrected chi connectivity index (χ2v) is 5.46. The van der Waals surface area contributed by atoms with Crippen molar-refractivity contribution in [3.63, 3.8) is 0 Å². The van der Waals surface area contributed by atoms with E-state index in [9.17, 15) is 4.79 Å². The molecule has 0 radical (unpaired) electrons. The van der Waals surface area contributed by atoms with Crippen LogP contribution in [-0.2, 0) is 0 Å². The third-order valence-corrected chi connectivity index (χ3v) is 3.74. The number of thioether (sulfide) groups is 1. The van der Waals surface area contributed by atoms with Gasteiger partial charge < -0.3 is 4.90 Å². The summed E-state index contributed by atoms with van der Waals surface area (Å²) in [7, 11) is 3.50. The van der Waals surface area contributed by atoms with Gasteiger partial charge in [-0.25, -0.2) is 9.97 Å². The first-order valence-corrected chi connectivity index (χ1v) is 7.98. The Hall–Kier alpha value is -2.21. The number of aromatic nitrogens is 2. The minimum Gasteiger partial charge on any atom is -0.320 e. The van der Waals surface area contributed by atoms with Crippen LogP contribution in [0, 0.1) is 0 Å². The summed E-state index contributed by atoms with van der Waals surface area (Å²) >= 11 is 1.44. The van der Waals surface area contributed by atoms with Crippen molar-refractivity contribution in [2.75, 3.05) is 25.3 Å². The van der Waals surface area contributed by atoms with Crippen LogP contribution in [0.3, 0.4) is 0 Å². The fraction of sp³-hybridized carbons (Fsp3) is 0.250. The van der Waals surface area contributed by atoms with E-state index in [2.05, 4.69) is 15.0 Å². The molecule has 6 heteroatoms. The molecule has 0 fully saturated rings. The number of rotatable bonds is 5. The van der Waals surface area contributed by atoms with E-state index in [-0.39, 0.29) is 5.78 Å². The van der Waals surface area contributed by atoms with Crippen LogP contribution in [0.15, 0.2) is 40.4 Å². The zero-order valence-electron chi connectivity index (χ0n) is 13.1. The molecule has 0 N–H and O–H groups in total. The molecule has 114 valence electrons. The van der Waals surface area contributed by atoms with Gasteiger partial charge >= 0.3 is 0 Å². The molecule has 0 saturated carbocycles. The summed E-state index contributed by atoms with van der Waals surface area (Å²) in [5.74, 6) is 1.10. The maximum atomic E-state index is 12.0. The average Bonchev–Trinajstić information content (AvgIpc) is 2.54. The van der Waals surface area contributed by atoms with Crippen molar-refractivity contribution in [1.82, 2.24) is 9.97 Å². The number of anilines is 1. The molecule has 1 aromatic carbocycles. The van der Waals surface area contributed by atoms with Gasteiger partial charge in [-0.15, -0.1) is 11.8 Å². The lowest BCUT2D eigenvalue weighted by atomic mass is 10.2. The van der Waals surface area contributed by atoms with E-state index in [1.54, 1.807) is 18.3 Å². The van der Waals surface area contributed by atoms with Crippen LogP contribution in [0.25, 0.3) is 11.4 Å². The zero-order chi connectivity index (χ0) is 16.1. The molecule has 0 saturated heterocycles. The molecule has 2 aromatic rings. The SMILES string of the molecule is CN=CN(C)c1nc(-c2ccccc2)nc(SC)c1C(C)=O. The van der Waals surface area contributed by atoms with E-state index in [1.165, 1.54) is 18.7 Å². The first-order chi connectivity index (χ1) is 10.6. The summed E-state index contributed by atoms with van der Waals surface area (Å²) in [4.78, 5) is 26.9. The zero-order valence-corrected chi connectivity index (χ0v) is 13.9. The van der Waals surface area contributed by atoms with Gasteiger partial charge in [-0.3, -0.25) is 9.79 Å². The molecule has 1 heterocycles. The van der Waals surface area contributed by atoms with Crippen LogP contribution in [0.5, 0.6) is 0 Å². The Morgan fingerprint density at radius 1 is 1.27 bits per heavy atom. The van der Waals surface area contributed by atoms with E-state index in [1.807, 2.05) is 43.6 Å². The third-order valence-electron chi connectivity index (χ3n) is 3.06. The number of Topliss-reactive ketones (excluding diaryl/α,β-unsaturated/α-hetero) is 1. The Labute approximate surface area is 134 Å². The number of benzene rings is 1. The summed E-state index contributed by atoms with van der Waals surface area (Å²) in [5, 5.41) is 0.674. The molecule has 0 spiro atoms. The maximum absolute atomic E-state index is 12.0. The first-order valence-electron chi connectivity index (χ1n) is 6.76. The smallest absolute Gasteiger partial charge is 0.166 e. The third kappa shape index (κ3) is 3.33. The quantitative estimate of drug-likeness (QED) is 0.279. The van der Waals surface area contributed by atoms with Gasteiger partial charge in [-0.05, 0) is 13.2 Å². The van der Waals surface area contributed by atoms with Crippen molar-refractivity contribution in [2.45, 2.75) is 11.9 Å². The lowest BCUT2D eigenvalue weighted by Crippen LogP contribution is -2.20. The standard InChI is InChI=1S/C16H18N4OS/c1-11(21)13-15(20(3)10-17-2)18-14(19-16(13)22-4)12-8-6-5-7-9-12/h5-10H,1-4H3. The monoisotopic (exact) mass is 314 g/mol. The maximum Gasteiger partial charge on any atom is 0.166 e. The fourth-order valence-corrected chi connectivity index (χ4v) is 2.70. The minimum atomic E-state index is -0.0599. The summed E-state index contributed by atoms with van der Waals surface area (Å²) in [6.07, 6.45) is 3.54. The van der Waals surface area contributed by atoms with Gasteiger partial charge in [0.05, 0.1) is 11.9 Å². The van der Waals surface area contributed by atoms with Crippen molar-refractivity contribution in [3.05, 3.63) is 35.9 Å². The van der Waals surface area contributed by atoms with Gasteiger partial charge in [-0.1, -0.05) is 30.3 Å². The molecule has 0 aliphatic heterocycles. The van der Waals surface area contributed by atoms with Crippen LogP contribution in [0.4, 0.5) is 5.82 Å². The van der Waals surface area contributed by atoms with Crippen molar-refractivity contribution >= 4 is 29.7 Å². The van der Waals surface area contributed by atoms with Crippen molar-refractivity contribution in [3.8, 4) is 11.4 Å². The number of carbonyl (C=O) groups excluding carboxylic acids is 1. The normalized spacial score (nSPS) is 10.9. The second kappa shape index (κ2) is 7.17. The van der Waals surface area contributed by atoms with E-state index in [4.69, 9.17) is 0 Å². The Morgan fingerprint density at radius 3 is 2.50 bits per heavy atom. The van der Waals surface area contributed by atoms with Crippen molar-refractivity contribution in [2.24, 2.45) is 4.99 Å². The molecule has 5 nitrogen and oxygen atoms in total. The predicted octanol–water partition coefficient (Wildman–Crippen LogP) is 3.16. The van der Waals surface area contributed by atoms with Crippen molar-refractivity contribution < 1.29 is 4.79 Å². The summed E-state index contributed by atoms with van der Waals surface area (Å²) < 4.78 is 0. The molecule has 0 bridgehead atoms. The summed E-state index contributed by atoms with van der Waals surface area (Å²) in [5.41, 5.74) is 1.44. The Bertz CT molecular complexity index is 701. The van der Waals surface area contributed by atoms with E-state index < -0.39 is 0 Å². The van der Waals surface area contributed by atoms with Crippen LogP contribution in [-0.4, -0.2) is 42.4 Å². The van der Waals surface area contributed by atoms with Gasteiger partial charge in [0, 0.05) is 19.7 Å². The van der Waals surface area contributed by atoms with Crippen molar-refractivity contribution in [1.29, 1.82) is 0 Å². The molecule has 0 amide bonds. The largest absolute Gasteiger partial charge is 0.320 e. The number of carbonyl (C=O) groups is 1. The number of ketones is 1. The second-order valence-electron chi connectivity index (χ2n) is 4.66. The van der Waals surface area contributed by atoms with Gasteiger partial charge in [0.15, 0.2) is 11.6 Å². The minimum absolute atomic E-state index is 0.0599. The van der Waals surface area contributed by atoms with E-state index in [0.29, 0.717) is 22.2 Å². The van der Waals surface area contributed by atoms with Gasteiger partial charge in [0.25, 0.3) is 0 Å². The fourth-order valence-electron chi connectivity index (χ4n) is 2.08. The number of nitrogens with zero attached hydrogens (tertiary/aromatic N) is 4. The van der Waals surface area contributed by atoms with Crippen LogP contribution in [0.1, 0.15) is 17.3 Å². The first kappa shape index (κ1) is 16.2. The summed E-state index contributed by atoms with van der Waals surface area (Å²) in [6.45, 7) is 1.53. The number of hydrogen-bond acceptors (Lipinski definition) is 5. The van der Waals surface area contributed by atoms with Crippen LogP contribution >= 0.6 is 11.8 Å². The Balaban J connectivity index is 2.69. The van der Waals surface area contributed by atoms with Gasteiger partial charge in [-0.2, -0.15) is 0 Å². The molecule has 0 aliphatic rings. The molecule has 0 aliphatic carbocycles. The Morgan fingerprint density at radius 2 is 1.95 bits per heavy atom.